The molecule has 1 N–H and O–H groups in total. The topological polar surface area (TPSA) is 62.3 Å². The highest BCUT2D eigenvalue weighted by atomic mass is 35.5. The van der Waals surface area contributed by atoms with E-state index in [0.717, 1.165) is 0 Å². The molecule has 1 aliphatic rings. The molecule has 2 aromatic carbocycles. The van der Waals surface area contributed by atoms with Crippen molar-refractivity contribution in [1.29, 1.82) is 0 Å². The second kappa shape index (κ2) is 8.01. The van der Waals surface area contributed by atoms with Crippen LogP contribution in [0.25, 0.3) is 0 Å². The average Bonchev–Trinajstić information content (AvgIpc) is 2.99. The van der Waals surface area contributed by atoms with E-state index in [1.165, 1.54) is 12.1 Å². The van der Waals surface area contributed by atoms with Crippen molar-refractivity contribution < 1.29 is 14.0 Å². The van der Waals surface area contributed by atoms with Crippen LogP contribution >= 0.6 is 11.6 Å². The van der Waals surface area contributed by atoms with Gasteiger partial charge in [0.05, 0.1) is 23.7 Å². The van der Waals surface area contributed by atoms with E-state index in [0.29, 0.717) is 27.5 Å². The Hall–Kier alpha value is -3.25. The zero-order valence-corrected chi connectivity index (χ0v) is 16.1. The third kappa shape index (κ3) is 3.98. The lowest BCUT2D eigenvalue weighted by atomic mass is 10.1. The first kappa shape index (κ1) is 19.1. The van der Waals surface area contributed by atoms with Crippen LogP contribution in [0.5, 0.6) is 0 Å². The molecule has 1 aromatic heterocycles. The molecule has 3 aromatic rings. The lowest BCUT2D eigenvalue weighted by Crippen LogP contribution is -2.32. The number of nitrogens with one attached hydrogen (secondary N) is 1. The normalized spacial score (nSPS) is 15.3. The van der Waals surface area contributed by atoms with Crippen molar-refractivity contribution in [3.05, 3.63) is 94.5 Å². The Morgan fingerprint density at radius 3 is 2.69 bits per heavy atom. The van der Waals surface area contributed by atoms with Gasteiger partial charge in [0.1, 0.15) is 5.82 Å². The van der Waals surface area contributed by atoms with Crippen molar-refractivity contribution in [3.8, 4) is 0 Å². The Balaban J connectivity index is 1.56. The molecule has 29 heavy (non-hydrogen) atoms. The Kier molecular flexibility index (Phi) is 5.27. The Bertz CT molecular complexity index is 1070. The third-order valence-electron chi connectivity index (χ3n) is 4.78. The summed E-state index contributed by atoms with van der Waals surface area (Å²) in [5.41, 5.74) is 2.34. The van der Waals surface area contributed by atoms with E-state index in [4.69, 9.17) is 11.6 Å². The molecule has 0 fully saturated rings. The van der Waals surface area contributed by atoms with Gasteiger partial charge in [0.2, 0.25) is 5.91 Å². The Morgan fingerprint density at radius 1 is 1.14 bits per heavy atom. The summed E-state index contributed by atoms with van der Waals surface area (Å²) in [7, 11) is 0. The van der Waals surface area contributed by atoms with E-state index in [1.807, 2.05) is 0 Å². The molecule has 1 aliphatic heterocycles. The molecule has 2 heterocycles. The molecule has 0 aliphatic carbocycles. The monoisotopic (exact) mass is 409 g/mol. The number of hydrogen-bond donors (Lipinski definition) is 1. The summed E-state index contributed by atoms with van der Waals surface area (Å²) >= 11 is 5.97. The van der Waals surface area contributed by atoms with Gasteiger partial charge in [0, 0.05) is 23.5 Å². The maximum absolute atomic E-state index is 13.3. The number of pyridine rings is 1. The zero-order valence-electron chi connectivity index (χ0n) is 15.3. The van der Waals surface area contributed by atoms with Crippen LogP contribution in [0.2, 0.25) is 5.02 Å². The second-order valence-corrected chi connectivity index (χ2v) is 7.15. The number of rotatable bonds is 5. The number of carbonyl (C=O) groups excluding carboxylic acids is 2. The van der Waals surface area contributed by atoms with Gasteiger partial charge < -0.3 is 5.32 Å². The molecule has 2 amide bonds. The quantitative estimate of drug-likeness (QED) is 0.684. The van der Waals surface area contributed by atoms with Gasteiger partial charge >= 0.3 is 0 Å². The van der Waals surface area contributed by atoms with Gasteiger partial charge in [-0.15, -0.1) is 0 Å². The number of halogens is 2. The molecule has 0 saturated carbocycles. The summed E-state index contributed by atoms with van der Waals surface area (Å²) in [6, 6.07) is 15.8. The smallest absolute Gasteiger partial charge is 0.260 e. The summed E-state index contributed by atoms with van der Waals surface area (Å²) in [5.74, 6) is -0.826. The van der Waals surface area contributed by atoms with Gasteiger partial charge in [-0.05, 0) is 54.1 Å². The minimum Gasteiger partial charge on any atom is -0.352 e. The number of fused-ring (bicyclic) bond motifs is 1. The largest absolute Gasteiger partial charge is 0.352 e. The minimum atomic E-state index is -0.535. The minimum absolute atomic E-state index is 0.0354. The lowest BCUT2D eigenvalue weighted by molar-refractivity contribution is -0.121. The lowest BCUT2D eigenvalue weighted by Gasteiger charge is -2.24. The highest BCUT2D eigenvalue weighted by Gasteiger charge is 2.39. The number of amides is 2. The highest BCUT2D eigenvalue weighted by molar-refractivity contribution is 6.30. The predicted molar refractivity (Wildman–Crippen MR) is 108 cm³/mol. The molecule has 0 saturated heterocycles. The van der Waals surface area contributed by atoms with Crippen LogP contribution in [0, 0.1) is 5.82 Å². The van der Waals surface area contributed by atoms with Crippen molar-refractivity contribution in [1.82, 2.24) is 10.3 Å². The van der Waals surface area contributed by atoms with E-state index >= 15 is 0 Å². The molecule has 7 heteroatoms. The average molecular weight is 410 g/mol. The predicted octanol–water partition coefficient (Wildman–Crippen LogP) is 4.28. The number of carbonyl (C=O) groups is 2. The molecule has 4 rings (SSSR count). The van der Waals surface area contributed by atoms with Crippen LogP contribution in [-0.4, -0.2) is 16.8 Å². The first-order valence-electron chi connectivity index (χ1n) is 9.08. The summed E-state index contributed by atoms with van der Waals surface area (Å²) in [6.45, 7) is 0.202. The van der Waals surface area contributed by atoms with Crippen molar-refractivity contribution in [3.63, 3.8) is 0 Å². The first-order valence-corrected chi connectivity index (χ1v) is 9.46. The van der Waals surface area contributed by atoms with E-state index < -0.39 is 6.04 Å². The summed E-state index contributed by atoms with van der Waals surface area (Å²) < 4.78 is 13.3. The van der Waals surface area contributed by atoms with E-state index in [-0.39, 0.29) is 30.6 Å². The Labute approximate surface area is 172 Å². The molecule has 1 atom stereocenters. The van der Waals surface area contributed by atoms with E-state index in [1.54, 1.807) is 59.6 Å². The molecule has 0 unspecified atom stereocenters. The van der Waals surface area contributed by atoms with Crippen LogP contribution in [-0.2, 0) is 11.3 Å². The molecular formula is C22H17ClFN3O2. The van der Waals surface area contributed by atoms with Crippen molar-refractivity contribution >= 4 is 29.1 Å². The van der Waals surface area contributed by atoms with Crippen molar-refractivity contribution in [2.24, 2.45) is 0 Å². The first-order chi connectivity index (χ1) is 14.0. The number of aromatic nitrogens is 1. The summed E-state index contributed by atoms with van der Waals surface area (Å²) in [4.78, 5) is 31.5. The van der Waals surface area contributed by atoms with E-state index in [9.17, 15) is 14.0 Å². The van der Waals surface area contributed by atoms with Gasteiger partial charge in [-0.3, -0.25) is 19.5 Å². The fourth-order valence-electron chi connectivity index (χ4n) is 3.44. The number of hydrogen-bond acceptors (Lipinski definition) is 3. The summed E-state index contributed by atoms with van der Waals surface area (Å²) in [5, 5.41) is 3.34. The van der Waals surface area contributed by atoms with E-state index in [2.05, 4.69) is 10.3 Å². The van der Waals surface area contributed by atoms with Gasteiger partial charge in [-0.1, -0.05) is 23.7 Å². The van der Waals surface area contributed by atoms with Crippen LogP contribution < -0.4 is 10.2 Å². The molecule has 0 spiro atoms. The maximum atomic E-state index is 13.3. The van der Waals surface area contributed by atoms with Crippen LogP contribution in [0.1, 0.15) is 34.1 Å². The number of nitrogens with zero attached hydrogens (tertiary/aromatic N) is 2. The Morgan fingerprint density at radius 2 is 1.93 bits per heavy atom. The van der Waals surface area contributed by atoms with Gasteiger partial charge in [-0.2, -0.15) is 0 Å². The van der Waals surface area contributed by atoms with Gasteiger partial charge in [-0.25, -0.2) is 4.39 Å². The number of benzene rings is 2. The fraction of sp³-hybridized carbons (Fsp3) is 0.136. The molecule has 0 bridgehead atoms. The second-order valence-electron chi connectivity index (χ2n) is 6.71. The molecule has 146 valence electrons. The molecule has 0 radical (unpaired) electrons. The van der Waals surface area contributed by atoms with Crippen LogP contribution in [0.3, 0.4) is 0 Å². The molecular weight excluding hydrogens is 393 g/mol. The highest BCUT2D eigenvalue weighted by Crippen LogP contribution is 2.38. The standard InChI is InChI=1S/C22H17ClFN3O2/c23-15-6-8-17(9-7-15)27-19(21-18(22(27)29)5-2-10-25-21)12-20(28)26-13-14-3-1-4-16(24)11-14/h1-11,19H,12-13H2,(H,26,28)/t19-/m1/s1. The molecule has 5 nitrogen and oxygen atoms in total. The number of anilines is 1. The van der Waals surface area contributed by atoms with Crippen molar-refractivity contribution in [2.75, 3.05) is 4.90 Å². The fourth-order valence-corrected chi connectivity index (χ4v) is 3.57. The van der Waals surface area contributed by atoms with Crippen LogP contribution in [0.15, 0.2) is 66.9 Å². The SMILES string of the molecule is O=C(C[C@@H]1c2ncccc2C(=O)N1c1ccc(Cl)cc1)NCc1cccc(F)c1. The summed E-state index contributed by atoms with van der Waals surface area (Å²) in [6.07, 6.45) is 1.64. The third-order valence-corrected chi connectivity index (χ3v) is 5.03. The zero-order chi connectivity index (χ0) is 20.4. The van der Waals surface area contributed by atoms with Gasteiger partial charge in [0.25, 0.3) is 5.91 Å². The van der Waals surface area contributed by atoms with Gasteiger partial charge in [0.15, 0.2) is 0 Å². The van der Waals surface area contributed by atoms with Crippen molar-refractivity contribution in [2.45, 2.75) is 19.0 Å². The van der Waals surface area contributed by atoms with Crippen LogP contribution in [0.4, 0.5) is 10.1 Å². The maximum Gasteiger partial charge on any atom is 0.260 e.